The molecule has 0 fully saturated rings. The number of anilines is 1. The fraction of sp³-hybridized carbons (Fsp3) is 0.312. The largest absolute Gasteiger partial charge is 0.365 e. The summed E-state index contributed by atoms with van der Waals surface area (Å²) in [5.74, 6) is 0.00760. The summed E-state index contributed by atoms with van der Waals surface area (Å²) in [6, 6.07) is 11.9. The Morgan fingerprint density at radius 2 is 1.62 bits per heavy atom. The molecule has 1 heterocycles. The van der Waals surface area contributed by atoms with Crippen LogP contribution in [0, 0.1) is 0 Å². The van der Waals surface area contributed by atoms with Crippen molar-refractivity contribution < 1.29 is 16.8 Å². The number of hydrogen-bond acceptors (Lipinski definition) is 6. The topological polar surface area (TPSA) is 84.4 Å². The summed E-state index contributed by atoms with van der Waals surface area (Å²) in [5.41, 5.74) is 1.55. The van der Waals surface area contributed by atoms with Gasteiger partial charge >= 0.3 is 0 Å². The Hall–Kier alpha value is -1.93. The Morgan fingerprint density at radius 3 is 2.12 bits per heavy atom. The van der Waals surface area contributed by atoms with Gasteiger partial charge in [-0.25, -0.2) is 16.8 Å². The normalized spacial score (nSPS) is 12.1. The molecule has 0 bridgehead atoms. The van der Waals surface area contributed by atoms with Crippen LogP contribution in [0.25, 0.3) is 0 Å². The first kappa shape index (κ1) is 18.4. The molecule has 0 saturated carbocycles. The highest BCUT2D eigenvalue weighted by Gasteiger charge is 2.13. The van der Waals surface area contributed by atoms with E-state index in [4.69, 9.17) is 0 Å². The maximum Gasteiger partial charge on any atom is 0.175 e. The lowest BCUT2D eigenvalue weighted by molar-refractivity contribution is 0.599. The lowest BCUT2D eigenvalue weighted by Gasteiger charge is -2.24. The van der Waals surface area contributed by atoms with Crippen LogP contribution in [0.1, 0.15) is 5.69 Å². The molecule has 0 aliphatic carbocycles. The molecule has 0 aliphatic rings. The molecular weight excluding hydrogens is 348 g/mol. The maximum absolute atomic E-state index is 11.6. The summed E-state index contributed by atoms with van der Waals surface area (Å²) in [7, 11) is -6.38. The fourth-order valence-electron chi connectivity index (χ4n) is 2.17. The third-order valence-electron chi connectivity index (χ3n) is 3.44. The van der Waals surface area contributed by atoms with Gasteiger partial charge in [-0.15, -0.1) is 0 Å². The number of benzene rings is 1. The number of rotatable bonds is 7. The van der Waals surface area contributed by atoms with Crippen LogP contribution in [0.4, 0.5) is 5.69 Å². The van der Waals surface area contributed by atoms with Crippen molar-refractivity contribution in [1.29, 1.82) is 0 Å². The Bertz CT molecular complexity index is 877. The second-order valence-corrected chi connectivity index (χ2v) is 9.91. The summed E-state index contributed by atoms with van der Waals surface area (Å²) in [6.07, 6.45) is 4.02. The zero-order chi connectivity index (χ0) is 17.8. The molecule has 0 unspecified atom stereocenters. The first-order valence-electron chi connectivity index (χ1n) is 7.28. The Kier molecular flexibility index (Phi) is 5.61. The average molecular weight is 368 g/mol. The predicted octanol–water partition coefficient (Wildman–Crippen LogP) is 1.54. The number of aromatic nitrogens is 1. The predicted molar refractivity (Wildman–Crippen MR) is 94.5 cm³/mol. The Balaban J connectivity index is 2.27. The van der Waals surface area contributed by atoms with Crippen LogP contribution in [-0.2, 0) is 26.2 Å². The molecule has 6 nitrogen and oxygen atoms in total. The molecule has 1 aromatic heterocycles. The van der Waals surface area contributed by atoms with Gasteiger partial charge in [-0.1, -0.05) is 6.07 Å². The molecule has 130 valence electrons. The number of pyridine rings is 1. The minimum Gasteiger partial charge on any atom is -0.365 e. The van der Waals surface area contributed by atoms with Crippen LogP contribution < -0.4 is 4.90 Å². The summed E-state index contributed by atoms with van der Waals surface area (Å²) < 4.78 is 46.1. The van der Waals surface area contributed by atoms with E-state index in [-0.39, 0.29) is 10.6 Å². The van der Waals surface area contributed by atoms with Gasteiger partial charge < -0.3 is 4.90 Å². The van der Waals surface area contributed by atoms with E-state index in [0.29, 0.717) is 13.1 Å². The van der Waals surface area contributed by atoms with E-state index in [0.717, 1.165) is 17.6 Å². The molecule has 2 rings (SSSR count). The van der Waals surface area contributed by atoms with Crippen molar-refractivity contribution in [2.75, 3.05) is 29.7 Å². The zero-order valence-electron chi connectivity index (χ0n) is 13.6. The minimum absolute atomic E-state index is 0.00760. The van der Waals surface area contributed by atoms with Crippen molar-refractivity contribution in [1.82, 2.24) is 4.98 Å². The van der Waals surface area contributed by atoms with Crippen molar-refractivity contribution >= 4 is 25.4 Å². The van der Waals surface area contributed by atoms with Crippen molar-refractivity contribution in [3.8, 4) is 0 Å². The first-order valence-corrected chi connectivity index (χ1v) is 11.2. The molecule has 2 aromatic rings. The van der Waals surface area contributed by atoms with Gasteiger partial charge in [0.1, 0.15) is 9.84 Å². The summed E-state index contributed by atoms with van der Waals surface area (Å²) in [5, 5.41) is 0. The van der Waals surface area contributed by atoms with E-state index in [1.165, 1.54) is 18.4 Å². The molecule has 1 aromatic carbocycles. The highest BCUT2D eigenvalue weighted by Crippen LogP contribution is 2.20. The van der Waals surface area contributed by atoms with Crippen LogP contribution in [0.3, 0.4) is 0 Å². The molecule has 0 radical (unpaired) electrons. The number of nitrogens with zero attached hydrogens (tertiary/aromatic N) is 2. The molecular formula is C16H20N2O4S2. The van der Waals surface area contributed by atoms with Crippen molar-refractivity contribution in [3.05, 3.63) is 54.4 Å². The third kappa shape index (κ3) is 5.61. The monoisotopic (exact) mass is 368 g/mol. The molecule has 0 aliphatic heterocycles. The average Bonchev–Trinajstić information content (AvgIpc) is 2.51. The molecule has 0 N–H and O–H groups in total. The Labute approximate surface area is 143 Å². The number of sulfone groups is 2. The van der Waals surface area contributed by atoms with Gasteiger partial charge in [0.15, 0.2) is 9.84 Å². The van der Waals surface area contributed by atoms with Crippen LogP contribution in [-0.4, -0.2) is 46.6 Å². The standard InChI is InChI=1S/C16H20N2O4S2/c1-23(19,20)12-11-18(13-14-5-3-4-10-17-14)15-6-8-16(9-7-15)24(2,21)22/h3-10H,11-13H2,1-2H3. The van der Waals surface area contributed by atoms with Crippen molar-refractivity contribution in [2.45, 2.75) is 11.4 Å². The van der Waals surface area contributed by atoms with Crippen LogP contribution in [0.15, 0.2) is 53.6 Å². The van der Waals surface area contributed by atoms with E-state index in [1.807, 2.05) is 23.1 Å². The summed E-state index contributed by atoms with van der Waals surface area (Å²) >= 11 is 0. The van der Waals surface area contributed by atoms with Gasteiger partial charge in [0.05, 0.1) is 22.9 Å². The lowest BCUT2D eigenvalue weighted by Crippen LogP contribution is -2.29. The SMILES string of the molecule is CS(=O)(=O)CCN(Cc1ccccn1)c1ccc(S(C)(=O)=O)cc1. The summed E-state index contributed by atoms with van der Waals surface area (Å²) in [6.45, 7) is 0.738. The molecule has 8 heteroatoms. The second-order valence-electron chi connectivity index (χ2n) is 5.64. The van der Waals surface area contributed by atoms with E-state index >= 15 is 0 Å². The molecule has 0 spiro atoms. The lowest BCUT2D eigenvalue weighted by atomic mass is 10.2. The fourth-order valence-corrected chi connectivity index (χ4v) is 3.35. The molecule has 24 heavy (non-hydrogen) atoms. The third-order valence-corrected chi connectivity index (χ3v) is 5.49. The van der Waals surface area contributed by atoms with Gasteiger partial charge in [0.25, 0.3) is 0 Å². The smallest absolute Gasteiger partial charge is 0.175 e. The molecule has 0 amide bonds. The number of hydrogen-bond donors (Lipinski definition) is 0. The van der Waals surface area contributed by atoms with E-state index in [1.54, 1.807) is 18.3 Å². The van der Waals surface area contributed by atoms with Crippen LogP contribution >= 0.6 is 0 Å². The van der Waals surface area contributed by atoms with E-state index in [2.05, 4.69) is 4.98 Å². The van der Waals surface area contributed by atoms with Crippen LogP contribution in [0.2, 0.25) is 0 Å². The quantitative estimate of drug-likeness (QED) is 0.737. The van der Waals surface area contributed by atoms with Crippen molar-refractivity contribution in [2.24, 2.45) is 0 Å². The molecule has 0 saturated heterocycles. The highest BCUT2D eigenvalue weighted by molar-refractivity contribution is 7.91. The highest BCUT2D eigenvalue weighted by atomic mass is 32.2. The van der Waals surface area contributed by atoms with Gasteiger partial charge in [0.2, 0.25) is 0 Å². The molecule has 0 atom stereocenters. The van der Waals surface area contributed by atoms with Gasteiger partial charge in [-0.3, -0.25) is 4.98 Å². The van der Waals surface area contributed by atoms with Crippen LogP contribution in [0.5, 0.6) is 0 Å². The summed E-state index contributed by atoms with van der Waals surface area (Å²) in [4.78, 5) is 6.36. The van der Waals surface area contributed by atoms with Crippen molar-refractivity contribution in [3.63, 3.8) is 0 Å². The van der Waals surface area contributed by atoms with E-state index in [9.17, 15) is 16.8 Å². The maximum atomic E-state index is 11.6. The van der Waals surface area contributed by atoms with Gasteiger partial charge in [-0.05, 0) is 36.4 Å². The first-order chi connectivity index (χ1) is 11.1. The Morgan fingerprint density at radius 1 is 0.958 bits per heavy atom. The minimum atomic E-state index is -3.27. The van der Waals surface area contributed by atoms with E-state index < -0.39 is 19.7 Å². The van der Waals surface area contributed by atoms with Gasteiger partial charge in [0, 0.05) is 30.9 Å². The second kappa shape index (κ2) is 7.31. The zero-order valence-corrected chi connectivity index (χ0v) is 15.2. The van der Waals surface area contributed by atoms with Gasteiger partial charge in [-0.2, -0.15) is 0 Å².